The molecule has 0 radical (unpaired) electrons. The number of hydrogen-bond acceptors (Lipinski definition) is 4. The third-order valence-electron chi connectivity index (χ3n) is 3.12. The van der Waals surface area contributed by atoms with Gasteiger partial charge in [0, 0.05) is 19.6 Å². The standard InChI is InChI=1S/C11H18N4O2/c1-2-15-10(9(12)7-13-15)11(17)14-5-3-8(16)4-6-14/h7-8,16H,2-6,12H2,1H3. The molecule has 6 heteroatoms. The van der Waals surface area contributed by atoms with Gasteiger partial charge in [-0.15, -0.1) is 0 Å². The second-order valence-corrected chi connectivity index (χ2v) is 4.29. The van der Waals surface area contributed by atoms with Crippen LogP contribution in [0.25, 0.3) is 0 Å². The smallest absolute Gasteiger partial charge is 0.274 e. The molecule has 0 saturated carbocycles. The van der Waals surface area contributed by atoms with E-state index in [1.165, 1.54) is 6.20 Å². The number of aliphatic hydroxyl groups is 1. The van der Waals surface area contributed by atoms with Crippen LogP contribution in [0.4, 0.5) is 5.69 Å². The number of aliphatic hydroxyl groups excluding tert-OH is 1. The summed E-state index contributed by atoms with van der Waals surface area (Å²) in [6.45, 7) is 3.70. The van der Waals surface area contributed by atoms with Gasteiger partial charge in [0.2, 0.25) is 0 Å². The van der Waals surface area contributed by atoms with E-state index in [9.17, 15) is 9.90 Å². The Morgan fingerprint density at radius 2 is 2.24 bits per heavy atom. The van der Waals surface area contributed by atoms with E-state index in [-0.39, 0.29) is 12.0 Å². The second-order valence-electron chi connectivity index (χ2n) is 4.29. The number of carbonyl (C=O) groups excluding carboxylic acids is 1. The molecule has 0 unspecified atom stereocenters. The maximum atomic E-state index is 12.3. The number of piperidine rings is 1. The summed E-state index contributed by atoms with van der Waals surface area (Å²) in [5, 5.41) is 13.5. The normalized spacial score (nSPS) is 17.4. The molecule has 0 bridgehead atoms. The van der Waals surface area contributed by atoms with Crippen LogP contribution in [0.5, 0.6) is 0 Å². The number of nitrogens with two attached hydrogens (primary N) is 1. The molecule has 2 rings (SSSR count). The van der Waals surface area contributed by atoms with Gasteiger partial charge in [0.15, 0.2) is 0 Å². The average molecular weight is 238 g/mol. The molecular formula is C11H18N4O2. The van der Waals surface area contributed by atoms with Gasteiger partial charge in [0.1, 0.15) is 5.69 Å². The third kappa shape index (κ3) is 2.26. The van der Waals surface area contributed by atoms with Crippen molar-refractivity contribution in [2.24, 2.45) is 0 Å². The van der Waals surface area contributed by atoms with Crippen LogP contribution in [0.15, 0.2) is 6.20 Å². The molecular weight excluding hydrogens is 220 g/mol. The summed E-state index contributed by atoms with van der Waals surface area (Å²) in [6.07, 6.45) is 2.49. The first kappa shape index (κ1) is 11.9. The first-order valence-corrected chi connectivity index (χ1v) is 5.92. The molecule has 0 aliphatic carbocycles. The lowest BCUT2D eigenvalue weighted by atomic mass is 10.1. The van der Waals surface area contributed by atoms with Crippen molar-refractivity contribution in [1.29, 1.82) is 0 Å². The van der Waals surface area contributed by atoms with E-state index in [2.05, 4.69) is 5.10 Å². The van der Waals surface area contributed by atoms with E-state index in [1.54, 1.807) is 9.58 Å². The predicted octanol–water partition coefficient (Wildman–Crippen LogP) is 0.0821. The van der Waals surface area contributed by atoms with Gasteiger partial charge in [-0.05, 0) is 19.8 Å². The van der Waals surface area contributed by atoms with Crippen molar-refractivity contribution in [3.05, 3.63) is 11.9 Å². The average Bonchev–Trinajstić information content (AvgIpc) is 2.70. The molecule has 1 fully saturated rings. The molecule has 3 N–H and O–H groups in total. The number of likely N-dealkylation sites (tertiary alicyclic amines) is 1. The van der Waals surface area contributed by atoms with Crippen LogP contribution in [-0.2, 0) is 6.54 Å². The van der Waals surface area contributed by atoms with Gasteiger partial charge in [-0.3, -0.25) is 9.48 Å². The largest absolute Gasteiger partial charge is 0.396 e. The van der Waals surface area contributed by atoms with Crippen LogP contribution < -0.4 is 5.73 Å². The van der Waals surface area contributed by atoms with E-state index in [0.717, 1.165) is 0 Å². The number of nitrogens with zero attached hydrogens (tertiary/aromatic N) is 3. The number of amides is 1. The van der Waals surface area contributed by atoms with Crippen LogP contribution in [0.1, 0.15) is 30.3 Å². The highest BCUT2D eigenvalue weighted by Crippen LogP contribution is 2.17. The minimum atomic E-state index is -0.285. The van der Waals surface area contributed by atoms with Crippen LogP contribution >= 0.6 is 0 Å². The van der Waals surface area contributed by atoms with Crippen molar-refractivity contribution in [3.8, 4) is 0 Å². The van der Waals surface area contributed by atoms with Crippen LogP contribution in [0.2, 0.25) is 0 Å². The zero-order valence-electron chi connectivity index (χ0n) is 9.96. The summed E-state index contributed by atoms with van der Waals surface area (Å²) >= 11 is 0. The van der Waals surface area contributed by atoms with Gasteiger partial charge >= 0.3 is 0 Å². The fourth-order valence-corrected chi connectivity index (χ4v) is 2.09. The summed E-state index contributed by atoms with van der Waals surface area (Å²) in [5.74, 6) is -0.0891. The molecule has 1 aliphatic rings. The van der Waals surface area contributed by atoms with E-state index < -0.39 is 0 Å². The van der Waals surface area contributed by atoms with E-state index >= 15 is 0 Å². The minimum Gasteiger partial charge on any atom is -0.396 e. The van der Waals surface area contributed by atoms with Gasteiger partial charge in [0.25, 0.3) is 5.91 Å². The first-order valence-electron chi connectivity index (χ1n) is 5.92. The molecule has 94 valence electrons. The highest BCUT2D eigenvalue weighted by molar-refractivity contribution is 5.97. The highest BCUT2D eigenvalue weighted by atomic mass is 16.3. The fraction of sp³-hybridized carbons (Fsp3) is 0.636. The maximum Gasteiger partial charge on any atom is 0.274 e. The lowest BCUT2D eigenvalue weighted by Crippen LogP contribution is -2.41. The maximum absolute atomic E-state index is 12.3. The van der Waals surface area contributed by atoms with Gasteiger partial charge in [-0.2, -0.15) is 5.10 Å². The Morgan fingerprint density at radius 1 is 1.59 bits per heavy atom. The van der Waals surface area contributed by atoms with Crippen molar-refractivity contribution in [1.82, 2.24) is 14.7 Å². The van der Waals surface area contributed by atoms with E-state index in [4.69, 9.17) is 5.73 Å². The van der Waals surface area contributed by atoms with Gasteiger partial charge < -0.3 is 15.7 Å². The first-order chi connectivity index (χ1) is 8.13. The predicted molar refractivity (Wildman–Crippen MR) is 63.5 cm³/mol. The van der Waals surface area contributed by atoms with E-state index in [1.807, 2.05) is 6.92 Å². The number of rotatable bonds is 2. The Balaban J connectivity index is 2.16. The molecule has 1 aliphatic heterocycles. The topological polar surface area (TPSA) is 84.4 Å². The van der Waals surface area contributed by atoms with Crippen molar-refractivity contribution in [2.75, 3.05) is 18.8 Å². The Labute approximate surface area is 100 Å². The molecule has 1 aromatic heterocycles. The third-order valence-corrected chi connectivity index (χ3v) is 3.12. The second kappa shape index (κ2) is 4.75. The molecule has 0 aromatic carbocycles. The van der Waals surface area contributed by atoms with Crippen LogP contribution in [-0.4, -0.2) is 44.9 Å². The SMILES string of the molecule is CCn1ncc(N)c1C(=O)N1CCC(O)CC1. The van der Waals surface area contributed by atoms with Crippen molar-refractivity contribution >= 4 is 11.6 Å². The summed E-state index contributed by atoms with van der Waals surface area (Å²) in [6, 6.07) is 0. The Morgan fingerprint density at radius 3 is 2.82 bits per heavy atom. The van der Waals surface area contributed by atoms with Gasteiger partial charge in [0.05, 0.1) is 18.0 Å². The zero-order chi connectivity index (χ0) is 12.4. The molecule has 2 heterocycles. The number of hydrogen-bond donors (Lipinski definition) is 2. The molecule has 1 aromatic rings. The monoisotopic (exact) mass is 238 g/mol. The number of carbonyl (C=O) groups is 1. The summed E-state index contributed by atoms with van der Waals surface area (Å²) < 4.78 is 1.61. The van der Waals surface area contributed by atoms with Crippen LogP contribution in [0.3, 0.4) is 0 Å². The fourth-order valence-electron chi connectivity index (χ4n) is 2.09. The lowest BCUT2D eigenvalue weighted by Gasteiger charge is -2.29. The number of anilines is 1. The lowest BCUT2D eigenvalue weighted by molar-refractivity contribution is 0.0537. The summed E-state index contributed by atoms with van der Waals surface area (Å²) in [7, 11) is 0. The Bertz CT molecular complexity index is 408. The van der Waals surface area contributed by atoms with Gasteiger partial charge in [-0.25, -0.2) is 0 Å². The van der Waals surface area contributed by atoms with E-state index in [0.29, 0.717) is 43.9 Å². The minimum absolute atomic E-state index is 0.0891. The summed E-state index contributed by atoms with van der Waals surface area (Å²) in [5.41, 5.74) is 6.65. The molecule has 0 atom stereocenters. The number of nitrogen functional groups attached to an aromatic ring is 1. The van der Waals surface area contributed by atoms with Crippen molar-refractivity contribution < 1.29 is 9.90 Å². The van der Waals surface area contributed by atoms with Crippen molar-refractivity contribution in [2.45, 2.75) is 32.4 Å². The quantitative estimate of drug-likeness (QED) is 0.764. The number of aromatic nitrogens is 2. The molecule has 1 amide bonds. The van der Waals surface area contributed by atoms with Crippen molar-refractivity contribution in [3.63, 3.8) is 0 Å². The number of aryl methyl sites for hydroxylation is 1. The van der Waals surface area contributed by atoms with Crippen LogP contribution in [0, 0.1) is 0 Å². The zero-order valence-corrected chi connectivity index (χ0v) is 9.96. The highest BCUT2D eigenvalue weighted by Gasteiger charge is 2.26. The molecule has 0 spiro atoms. The Hall–Kier alpha value is -1.56. The Kier molecular flexibility index (Phi) is 3.33. The summed E-state index contributed by atoms with van der Waals surface area (Å²) in [4.78, 5) is 14.0. The molecule has 1 saturated heterocycles. The molecule has 6 nitrogen and oxygen atoms in total. The van der Waals surface area contributed by atoms with Gasteiger partial charge in [-0.1, -0.05) is 0 Å². The molecule has 17 heavy (non-hydrogen) atoms.